The van der Waals surface area contributed by atoms with E-state index >= 15 is 0 Å². The number of Topliss-reactive ketones (excluding diaryl/α,β-unsaturated/α-hetero) is 1. The number of ketones is 1. The van der Waals surface area contributed by atoms with Crippen LogP contribution >= 0.6 is 0 Å². The van der Waals surface area contributed by atoms with Crippen LogP contribution in [0.1, 0.15) is 18.1 Å². The minimum atomic E-state index is 0. The Hall–Kier alpha value is -0.466. The molecule has 1 aliphatic rings. The molecule has 0 spiro atoms. The van der Waals surface area contributed by atoms with E-state index in [4.69, 9.17) is 0 Å². The SMILES string of the molecule is CC(=O)C1=[C-]Cc2cc(O)ccc21.[Y+3]. The van der Waals surface area contributed by atoms with Gasteiger partial charge in [0.15, 0.2) is 0 Å². The van der Waals surface area contributed by atoms with E-state index in [1.807, 2.05) is 0 Å². The number of carbonyl (C=O) groups is 1. The molecule has 1 N–H and O–H groups in total. The molecule has 3 heteroatoms. The van der Waals surface area contributed by atoms with Crippen molar-refractivity contribution in [2.45, 2.75) is 13.3 Å². The molecule has 0 bridgehead atoms. The van der Waals surface area contributed by atoms with Gasteiger partial charge in [-0.25, -0.2) is 0 Å². The number of allylic oxidation sites excluding steroid dienone is 2. The Morgan fingerprint density at radius 2 is 2.21 bits per heavy atom. The van der Waals surface area contributed by atoms with Crippen LogP contribution in [-0.2, 0) is 43.9 Å². The van der Waals surface area contributed by atoms with Crippen molar-refractivity contribution in [1.82, 2.24) is 0 Å². The van der Waals surface area contributed by atoms with Crippen LogP contribution in [0.2, 0.25) is 0 Å². The largest absolute Gasteiger partial charge is 3.00 e. The Morgan fingerprint density at radius 3 is 2.86 bits per heavy atom. The Labute approximate surface area is 108 Å². The zero-order valence-electron chi connectivity index (χ0n) is 7.87. The fourth-order valence-electron chi connectivity index (χ4n) is 1.56. The van der Waals surface area contributed by atoms with E-state index in [0.717, 1.165) is 11.1 Å². The van der Waals surface area contributed by atoms with E-state index in [1.165, 1.54) is 6.92 Å². The topological polar surface area (TPSA) is 37.3 Å². The number of phenols is 1. The van der Waals surface area contributed by atoms with Crippen LogP contribution in [0.5, 0.6) is 5.75 Å². The first-order chi connectivity index (χ1) is 6.18. The fraction of sp³-hybridized carbons (Fsp3) is 0.182. The van der Waals surface area contributed by atoms with Gasteiger partial charge in [-0.3, -0.25) is 0 Å². The van der Waals surface area contributed by atoms with E-state index in [0.29, 0.717) is 12.0 Å². The first kappa shape index (κ1) is 11.6. The standard InChI is InChI=1S/C11H9O2.Y/c1-7(12)10-4-2-8-6-9(13)3-5-11(8)10;/h3,5-6,13H,2H2,1H3;/q-1;+3. The van der Waals surface area contributed by atoms with Crippen LogP contribution in [0.15, 0.2) is 18.2 Å². The van der Waals surface area contributed by atoms with Gasteiger partial charge in [-0.1, -0.05) is 6.42 Å². The maximum absolute atomic E-state index is 11.1. The molecule has 0 aromatic heterocycles. The normalized spacial score (nSPS) is 12.8. The molecule has 0 atom stereocenters. The van der Waals surface area contributed by atoms with Crippen LogP contribution < -0.4 is 0 Å². The van der Waals surface area contributed by atoms with Gasteiger partial charge in [0.25, 0.3) is 0 Å². The molecule has 0 fully saturated rings. The molecule has 1 aliphatic carbocycles. The van der Waals surface area contributed by atoms with Gasteiger partial charge in [-0.05, 0) is 19.1 Å². The smallest absolute Gasteiger partial charge is 0.508 e. The number of hydrogen-bond acceptors (Lipinski definition) is 2. The van der Waals surface area contributed by atoms with Crippen LogP contribution in [0.25, 0.3) is 5.57 Å². The quantitative estimate of drug-likeness (QED) is 0.782. The van der Waals surface area contributed by atoms with Crippen molar-refractivity contribution in [3.63, 3.8) is 0 Å². The molecule has 2 rings (SSSR count). The number of aromatic hydroxyl groups is 1. The minimum Gasteiger partial charge on any atom is -0.508 e. The summed E-state index contributed by atoms with van der Waals surface area (Å²) in [4.78, 5) is 11.1. The van der Waals surface area contributed by atoms with Crippen molar-refractivity contribution < 1.29 is 42.6 Å². The van der Waals surface area contributed by atoms with Gasteiger partial charge in [-0.15, -0.1) is 22.8 Å². The third-order valence-electron chi connectivity index (χ3n) is 2.17. The van der Waals surface area contributed by atoms with Gasteiger partial charge >= 0.3 is 32.7 Å². The summed E-state index contributed by atoms with van der Waals surface area (Å²) in [7, 11) is 0. The minimum absolute atomic E-state index is 0. The molecule has 1 aromatic rings. The number of hydrogen-bond donors (Lipinski definition) is 1. The van der Waals surface area contributed by atoms with E-state index in [9.17, 15) is 9.90 Å². The summed E-state index contributed by atoms with van der Waals surface area (Å²) >= 11 is 0. The molecule has 2 nitrogen and oxygen atoms in total. The average molecular weight is 262 g/mol. The van der Waals surface area contributed by atoms with Crippen molar-refractivity contribution in [3.8, 4) is 5.75 Å². The second kappa shape index (κ2) is 4.37. The van der Waals surface area contributed by atoms with Crippen LogP contribution in [-0.4, -0.2) is 10.9 Å². The van der Waals surface area contributed by atoms with Gasteiger partial charge in [0.2, 0.25) is 0 Å². The maximum atomic E-state index is 11.1. The Kier molecular flexibility index (Phi) is 3.62. The Bertz CT molecular complexity index is 408. The van der Waals surface area contributed by atoms with Gasteiger partial charge in [0.05, 0.1) is 0 Å². The molecule has 0 aliphatic heterocycles. The predicted octanol–water partition coefficient (Wildman–Crippen LogP) is 1.72. The number of benzene rings is 1. The van der Waals surface area contributed by atoms with Crippen LogP contribution in [0, 0.1) is 6.08 Å². The summed E-state index contributed by atoms with van der Waals surface area (Å²) in [5.41, 5.74) is 2.53. The Balaban J connectivity index is 0.000000980. The molecule has 1 aromatic carbocycles. The van der Waals surface area contributed by atoms with Crippen molar-refractivity contribution >= 4 is 11.4 Å². The second-order valence-corrected chi connectivity index (χ2v) is 3.13. The third kappa shape index (κ3) is 1.96. The number of rotatable bonds is 1. The van der Waals surface area contributed by atoms with Gasteiger partial charge in [-0.2, -0.15) is 6.08 Å². The molecule has 0 amide bonds. The summed E-state index contributed by atoms with van der Waals surface area (Å²) < 4.78 is 0. The molecular weight excluding hydrogens is 253 g/mol. The monoisotopic (exact) mass is 262 g/mol. The molecule has 0 radical (unpaired) electrons. The summed E-state index contributed by atoms with van der Waals surface area (Å²) in [6.45, 7) is 1.53. The van der Waals surface area contributed by atoms with Gasteiger partial charge in [0.1, 0.15) is 5.75 Å². The first-order valence-electron chi connectivity index (χ1n) is 4.12. The first-order valence-corrected chi connectivity index (χ1v) is 4.12. The molecular formula is C11H9O2Y+2. The molecule has 0 saturated heterocycles. The van der Waals surface area contributed by atoms with E-state index in [1.54, 1.807) is 18.2 Å². The fourth-order valence-corrected chi connectivity index (χ4v) is 1.56. The molecule has 14 heavy (non-hydrogen) atoms. The summed E-state index contributed by atoms with van der Waals surface area (Å²) in [6, 6.07) is 5.04. The second-order valence-electron chi connectivity index (χ2n) is 3.13. The number of phenolic OH excluding ortho intramolecular Hbond substituents is 1. The van der Waals surface area contributed by atoms with Gasteiger partial charge < -0.3 is 9.90 Å². The van der Waals surface area contributed by atoms with Crippen LogP contribution in [0.3, 0.4) is 0 Å². The average Bonchev–Trinajstić information content (AvgIpc) is 2.46. The van der Waals surface area contributed by atoms with Crippen molar-refractivity contribution in [2.24, 2.45) is 0 Å². The zero-order valence-corrected chi connectivity index (χ0v) is 10.7. The predicted molar refractivity (Wildman–Crippen MR) is 49.1 cm³/mol. The zero-order chi connectivity index (χ0) is 9.42. The molecule has 66 valence electrons. The van der Waals surface area contributed by atoms with E-state index in [-0.39, 0.29) is 44.2 Å². The molecule has 0 heterocycles. The summed E-state index contributed by atoms with van der Waals surface area (Å²) in [5, 5.41) is 9.20. The Morgan fingerprint density at radius 1 is 1.50 bits per heavy atom. The van der Waals surface area contributed by atoms with Crippen molar-refractivity contribution in [1.29, 1.82) is 0 Å². The number of fused-ring (bicyclic) bond motifs is 1. The van der Waals surface area contributed by atoms with Crippen LogP contribution in [0.4, 0.5) is 0 Å². The van der Waals surface area contributed by atoms with Gasteiger partial charge in [0, 0.05) is 5.78 Å². The summed E-state index contributed by atoms with van der Waals surface area (Å²) in [5.74, 6) is 0.273. The summed E-state index contributed by atoms with van der Waals surface area (Å²) in [6.07, 6.45) is 3.63. The van der Waals surface area contributed by atoms with Crippen molar-refractivity contribution in [2.75, 3.05) is 0 Å². The molecule has 0 saturated carbocycles. The van der Waals surface area contributed by atoms with E-state index < -0.39 is 0 Å². The maximum Gasteiger partial charge on any atom is 3.00 e. The van der Waals surface area contributed by atoms with Crippen molar-refractivity contribution in [3.05, 3.63) is 35.4 Å². The molecule has 0 unspecified atom stereocenters. The number of carbonyl (C=O) groups excluding carboxylic acids is 1. The third-order valence-corrected chi connectivity index (χ3v) is 2.17. The van der Waals surface area contributed by atoms with E-state index in [2.05, 4.69) is 6.08 Å².